The molecule has 1 unspecified atom stereocenters. The normalized spacial score (nSPS) is 14.9. The molecular weight excluding hydrogens is 465 g/mol. The third kappa shape index (κ3) is 6.39. The summed E-state index contributed by atoms with van der Waals surface area (Å²) >= 11 is 0. The van der Waals surface area contributed by atoms with E-state index < -0.39 is 7.60 Å². The fourth-order valence-electron chi connectivity index (χ4n) is 4.21. The van der Waals surface area contributed by atoms with Crippen molar-refractivity contribution in [3.05, 3.63) is 52.6 Å². The predicted molar refractivity (Wildman–Crippen MR) is 139 cm³/mol. The van der Waals surface area contributed by atoms with E-state index in [-0.39, 0.29) is 43.2 Å². The fourth-order valence-corrected chi connectivity index (χ4v) is 5.66. The summed E-state index contributed by atoms with van der Waals surface area (Å²) in [6, 6.07) is 9.48. The van der Waals surface area contributed by atoms with Crippen molar-refractivity contribution >= 4 is 7.60 Å². The van der Waals surface area contributed by atoms with Gasteiger partial charge in [0.25, 0.3) is 0 Å². The average molecular weight is 506 g/mol. The molecule has 2 aromatic rings. The van der Waals surface area contributed by atoms with Crippen LogP contribution >= 0.6 is 7.60 Å². The molecule has 1 aliphatic rings. The topological polar surface area (TPSA) is 86.3 Å². The van der Waals surface area contributed by atoms with E-state index in [0.29, 0.717) is 17.2 Å². The highest BCUT2D eigenvalue weighted by atomic mass is 31.2. The smallest absolute Gasteiger partial charge is 0.344 e. The quantitative estimate of drug-likeness (QED) is 0.371. The molecule has 0 saturated heterocycles. The van der Waals surface area contributed by atoms with Crippen LogP contribution in [0.15, 0.2) is 30.3 Å². The molecule has 0 bridgehead atoms. The van der Waals surface area contributed by atoms with Crippen LogP contribution in [0.1, 0.15) is 83.7 Å². The minimum atomic E-state index is -3.34. The maximum atomic E-state index is 13.3. The molecule has 0 saturated carbocycles. The average Bonchev–Trinajstić information content (AvgIpc) is 3.21. The molecule has 35 heavy (non-hydrogen) atoms. The lowest BCUT2D eigenvalue weighted by atomic mass is 9.77. The molecule has 8 heteroatoms. The van der Waals surface area contributed by atoms with Gasteiger partial charge in [-0.2, -0.15) is 0 Å². The standard InChI is InChI=1S/C27H40NO6P/c1-9-33-35(30,34-10-2)16-28-24(18-11-12-22-23(15-18)32-17-31-22)19-13-20(26(3,4)5)25(29)21(14-19)27(6,7)8/h11-15,24,28-29H,9-10,16-17H2,1-8H3. The van der Waals surface area contributed by atoms with Crippen molar-refractivity contribution in [1.29, 1.82) is 0 Å². The molecule has 194 valence electrons. The van der Waals surface area contributed by atoms with Crippen LogP contribution in [-0.2, 0) is 24.4 Å². The summed E-state index contributed by atoms with van der Waals surface area (Å²) in [5, 5.41) is 14.7. The van der Waals surface area contributed by atoms with Crippen LogP contribution in [0.5, 0.6) is 17.2 Å². The zero-order valence-electron chi connectivity index (χ0n) is 22.2. The maximum Gasteiger partial charge on any atom is 0.344 e. The Morgan fingerprint density at radius 1 is 0.914 bits per heavy atom. The Kier molecular flexibility index (Phi) is 8.27. The molecule has 7 nitrogen and oxygen atoms in total. The van der Waals surface area contributed by atoms with Gasteiger partial charge in [-0.1, -0.05) is 47.6 Å². The van der Waals surface area contributed by atoms with Crippen LogP contribution in [0.2, 0.25) is 0 Å². The summed E-state index contributed by atoms with van der Waals surface area (Å²) in [5.74, 6) is 1.67. The SMILES string of the molecule is CCOP(=O)(CNC(c1ccc2c(c1)OCO2)c1cc(C(C)(C)C)c(O)c(C(C)(C)C)c1)OCC. The Balaban J connectivity index is 2.15. The van der Waals surface area contributed by atoms with E-state index in [1.807, 2.05) is 30.3 Å². The molecule has 2 aromatic carbocycles. The summed E-state index contributed by atoms with van der Waals surface area (Å²) in [5.41, 5.74) is 2.99. The van der Waals surface area contributed by atoms with Gasteiger partial charge in [-0.15, -0.1) is 0 Å². The van der Waals surface area contributed by atoms with Crippen LogP contribution in [0.4, 0.5) is 0 Å². The summed E-state index contributed by atoms with van der Waals surface area (Å²) in [6.07, 6.45) is 0.0321. The van der Waals surface area contributed by atoms with Gasteiger partial charge in [0, 0.05) is 0 Å². The molecule has 0 radical (unpaired) electrons. The number of aromatic hydroxyl groups is 1. The lowest BCUT2D eigenvalue weighted by molar-refractivity contribution is 0.174. The van der Waals surface area contributed by atoms with Gasteiger partial charge in [0.1, 0.15) is 5.75 Å². The van der Waals surface area contributed by atoms with E-state index in [4.69, 9.17) is 18.5 Å². The predicted octanol–water partition coefficient (Wildman–Crippen LogP) is 6.62. The van der Waals surface area contributed by atoms with Crippen LogP contribution < -0.4 is 14.8 Å². The van der Waals surface area contributed by atoms with Gasteiger partial charge in [-0.05, 0) is 71.2 Å². The van der Waals surface area contributed by atoms with Crippen LogP contribution in [0.3, 0.4) is 0 Å². The Bertz CT molecular complexity index is 1040. The first-order valence-electron chi connectivity index (χ1n) is 12.2. The molecular formula is C27H40NO6P. The van der Waals surface area contributed by atoms with E-state index in [2.05, 4.69) is 46.9 Å². The molecule has 0 aliphatic carbocycles. The molecule has 3 rings (SSSR count). The minimum Gasteiger partial charge on any atom is -0.507 e. The molecule has 0 aromatic heterocycles. The number of fused-ring (bicyclic) bond motifs is 1. The Labute approximate surface area is 209 Å². The summed E-state index contributed by atoms with van der Waals surface area (Å²) in [7, 11) is -3.34. The van der Waals surface area contributed by atoms with Gasteiger partial charge in [-0.3, -0.25) is 9.88 Å². The van der Waals surface area contributed by atoms with E-state index in [1.54, 1.807) is 13.8 Å². The first kappa shape index (κ1) is 27.5. The third-order valence-corrected chi connectivity index (χ3v) is 7.83. The number of phenolic OH excluding ortho intramolecular Hbond substituents is 1. The Morgan fingerprint density at radius 3 is 1.97 bits per heavy atom. The second kappa shape index (κ2) is 10.5. The van der Waals surface area contributed by atoms with Crippen LogP contribution in [-0.4, -0.2) is 31.4 Å². The number of nitrogens with one attached hydrogen (secondary N) is 1. The van der Waals surface area contributed by atoms with Crippen LogP contribution in [0.25, 0.3) is 0 Å². The zero-order chi connectivity index (χ0) is 26.0. The van der Waals surface area contributed by atoms with Crippen molar-refractivity contribution in [3.8, 4) is 17.2 Å². The lowest BCUT2D eigenvalue weighted by Gasteiger charge is -2.31. The number of rotatable bonds is 9. The van der Waals surface area contributed by atoms with E-state index >= 15 is 0 Å². The summed E-state index contributed by atoms with van der Waals surface area (Å²) in [4.78, 5) is 0. The maximum absolute atomic E-state index is 13.3. The van der Waals surface area contributed by atoms with E-state index in [9.17, 15) is 9.67 Å². The van der Waals surface area contributed by atoms with Crippen molar-refractivity contribution in [1.82, 2.24) is 5.32 Å². The number of hydrogen-bond donors (Lipinski definition) is 2. The van der Waals surface area contributed by atoms with E-state index in [1.165, 1.54) is 0 Å². The first-order valence-corrected chi connectivity index (χ1v) is 13.9. The largest absolute Gasteiger partial charge is 0.507 e. The lowest BCUT2D eigenvalue weighted by Crippen LogP contribution is -2.26. The summed E-state index contributed by atoms with van der Waals surface area (Å²) in [6.45, 7) is 16.9. The van der Waals surface area contributed by atoms with Gasteiger partial charge >= 0.3 is 7.60 Å². The molecule has 0 amide bonds. The van der Waals surface area contributed by atoms with Gasteiger partial charge in [-0.25, -0.2) is 0 Å². The van der Waals surface area contributed by atoms with Gasteiger partial charge in [0.2, 0.25) is 6.79 Å². The minimum absolute atomic E-state index is 0.0321. The van der Waals surface area contributed by atoms with Crippen molar-refractivity contribution < 1.29 is 28.2 Å². The highest BCUT2D eigenvalue weighted by Gasteiger charge is 2.31. The second-order valence-corrected chi connectivity index (χ2v) is 12.9. The fraction of sp³-hybridized carbons (Fsp3) is 0.556. The van der Waals surface area contributed by atoms with E-state index in [0.717, 1.165) is 22.3 Å². The molecule has 1 heterocycles. The molecule has 1 aliphatic heterocycles. The Morgan fingerprint density at radius 2 is 1.46 bits per heavy atom. The molecule has 2 N–H and O–H groups in total. The van der Waals surface area contributed by atoms with Gasteiger partial charge < -0.3 is 23.6 Å². The number of hydrogen-bond acceptors (Lipinski definition) is 7. The molecule has 0 spiro atoms. The van der Waals surface area contributed by atoms with Crippen molar-refractivity contribution in [2.45, 2.75) is 72.3 Å². The second-order valence-electron chi connectivity index (χ2n) is 10.8. The van der Waals surface area contributed by atoms with Gasteiger partial charge in [0.05, 0.1) is 25.5 Å². The van der Waals surface area contributed by atoms with Crippen molar-refractivity contribution in [2.75, 3.05) is 26.3 Å². The highest BCUT2D eigenvalue weighted by Crippen LogP contribution is 2.48. The summed E-state index contributed by atoms with van der Waals surface area (Å²) < 4.78 is 35.5. The number of phenols is 1. The third-order valence-electron chi connectivity index (χ3n) is 5.95. The monoisotopic (exact) mass is 505 g/mol. The highest BCUT2D eigenvalue weighted by molar-refractivity contribution is 7.53. The molecule has 1 atom stereocenters. The zero-order valence-corrected chi connectivity index (χ0v) is 23.1. The van der Waals surface area contributed by atoms with Crippen LogP contribution in [0, 0.1) is 0 Å². The Hall–Kier alpha value is -2.05. The van der Waals surface area contributed by atoms with Crippen molar-refractivity contribution in [3.63, 3.8) is 0 Å². The first-order chi connectivity index (χ1) is 16.3. The number of ether oxygens (including phenoxy) is 2. The number of benzene rings is 2. The van der Waals surface area contributed by atoms with Gasteiger partial charge in [0.15, 0.2) is 11.5 Å². The van der Waals surface area contributed by atoms with Crippen molar-refractivity contribution in [2.24, 2.45) is 0 Å². The molecule has 0 fully saturated rings.